The Kier molecular flexibility index (Phi) is 6.54. The molecule has 1 rings (SSSR count). The van der Waals surface area contributed by atoms with E-state index in [0.29, 0.717) is 18.8 Å². The quantitative estimate of drug-likeness (QED) is 0.789. The zero-order valence-electron chi connectivity index (χ0n) is 11.9. The standard InChI is InChI=1S/C15H20N2O3/c1-3-8-17(9-7-15(18)19)14(11-16)12-5-4-6-13(10-12)20-2/h4-6,10,14H,3,7-9H2,1-2H3,(H,18,19). The molecule has 1 aromatic rings. The average Bonchev–Trinajstić information content (AvgIpc) is 2.45. The molecule has 0 bridgehead atoms. The summed E-state index contributed by atoms with van der Waals surface area (Å²) in [7, 11) is 1.58. The Morgan fingerprint density at radius 3 is 2.80 bits per heavy atom. The second-order valence-electron chi connectivity index (χ2n) is 4.49. The molecule has 0 fully saturated rings. The molecular formula is C15H20N2O3. The van der Waals surface area contributed by atoms with E-state index in [9.17, 15) is 10.1 Å². The lowest BCUT2D eigenvalue weighted by Gasteiger charge is -2.26. The van der Waals surface area contributed by atoms with E-state index in [-0.39, 0.29) is 6.42 Å². The van der Waals surface area contributed by atoms with Gasteiger partial charge < -0.3 is 9.84 Å². The third-order valence-electron chi connectivity index (χ3n) is 3.02. The Morgan fingerprint density at radius 1 is 1.50 bits per heavy atom. The summed E-state index contributed by atoms with van der Waals surface area (Å²) in [6.07, 6.45) is 0.893. The summed E-state index contributed by atoms with van der Waals surface area (Å²) in [6.45, 7) is 3.05. The van der Waals surface area contributed by atoms with E-state index in [1.165, 1.54) is 0 Å². The van der Waals surface area contributed by atoms with Crippen LogP contribution in [0.5, 0.6) is 5.75 Å². The zero-order chi connectivity index (χ0) is 15.0. The minimum absolute atomic E-state index is 0.0299. The van der Waals surface area contributed by atoms with Gasteiger partial charge in [0.2, 0.25) is 0 Å². The van der Waals surface area contributed by atoms with Crippen LogP contribution in [0.4, 0.5) is 0 Å². The van der Waals surface area contributed by atoms with E-state index in [4.69, 9.17) is 9.84 Å². The molecule has 1 aromatic carbocycles. The van der Waals surface area contributed by atoms with Crippen LogP contribution in [0.15, 0.2) is 24.3 Å². The van der Waals surface area contributed by atoms with Crippen LogP contribution in [0.1, 0.15) is 31.4 Å². The second-order valence-corrected chi connectivity index (χ2v) is 4.49. The van der Waals surface area contributed by atoms with Crippen LogP contribution in [0.2, 0.25) is 0 Å². The first-order chi connectivity index (χ1) is 9.62. The summed E-state index contributed by atoms with van der Waals surface area (Å²) in [4.78, 5) is 12.6. The summed E-state index contributed by atoms with van der Waals surface area (Å²) < 4.78 is 5.17. The molecule has 5 heteroatoms. The summed E-state index contributed by atoms with van der Waals surface area (Å²) >= 11 is 0. The number of rotatable bonds is 8. The molecule has 108 valence electrons. The number of aliphatic carboxylic acids is 1. The van der Waals surface area contributed by atoms with Crippen LogP contribution >= 0.6 is 0 Å². The zero-order valence-corrected chi connectivity index (χ0v) is 11.9. The molecule has 0 amide bonds. The maximum Gasteiger partial charge on any atom is 0.304 e. The van der Waals surface area contributed by atoms with Crippen LogP contribution in [0, 0.1) is 11.3 Å². The molecule has 0 saturated carbocycles. The largest absolute Gasteiger partial charge is 0.497 e. The van der Waals surface area contributed by atoms with Gasteiger partial charge in [0, 0.05) is 6.54 Å². The van der Waals surface area contributed by atoms with Crippen molar-refractivity contribution in [1.29, 1.82) is 5.26 Å². The molecule has 1 unspecified atom stereocenters. The fraction of sp³-hybridized carbons (Fsp3) is 0.467. The van der Waals surface area contributed by atoms with Gasteiger partial charge in [-0.2, -0.15) is 5.26 Å². The number of carbonyl (C=O) groups is 1. The van der Waals surface area contributed by atoms with Crippen molar-refractivity contribution in [2.45, 2.75) is 25.8 Å². The highest BCUT2D eigenvalue weighted by Gasteiger charge is 2.20. The van der Waals surface area contributed by atoms with Gasteiger partial charge in [0.05, 0.1) is 19.6 Å². The third kappa shape index (κ3) is 4.56. The maximum absolute atomic E-state index is 10.7. The summed E-state index contributed by atoms with van der Waals surface area (Å²) in [5.41, 5.74) is 0.825. The number of hydrogen-bond acceptors (Lipinski definition) is 4. The Balaban J connectivity index is 2.93. The summed E-state index contributed by atoms with van der Waals surface area (Å²) in [5.74, 6) is -0.161. The molecule has 20 heavy (non-hydrogen) atoms. The number of benzene rings is 1. The van der Waals surface area contributed by atoms with Crippen molar-refractivity contribution < 1.29 is 14.6 Å². The number of carboxylic acids is 1. The van der Waals surface area contributed by atoms with Crippen LogP contribution < -0.4 is 4.74 Å². The predicted molar refractivity (Wildman–Crippen MR) is 75.5 cm³/mol. The van der Waals surface area contributed by atoms with Crippen molar-refractivity contribution in [1.82, 2.24) is 4.90 Å². The molecule has 0 radical (unpaired) electrons. The van der Waals surface area contributed by atoms with Gasteiger partial charge >= 0.3 is 5.97 Å². The van der Waals surface area contributed by atoms with Crippen LogP contribution in [-0.2, 0) is 4.79 Å². The lowest BCUT2D eigenvalue weighted by molar-refractivity contribution is -0.137. The first kappa shape index (κ1) is 16.0. The minimum Gasteiger partial charge on any atom is -0.497 e. The average molecular weight is 276 g/mol. The van der Waals surface area contributed by atoms with Crippen molar-refractivity contribution in [2.24, 2.45) is 0 Å². The van der Waals surface area contributed by atoms with Gasteiger partial charge in [0.15, 0.2) is 0 Å². The molecule has 1 atom stereocenters. The van der Waals surface area contributed by atoms with E-state index in [1.54, 1.807) is 7.11 Å². The number of methoxy groups -OCH3 is 1. The lowest BCUT2D eigenvalue weighted by atomic mass is 10.1. The Hall–Kier alpha value is -2.06. The number of nitriles is 1. The van der Waals surface area contributed by atoms with Crippen LogP contribution in [0.3, 0.4) is 0 Å². The van der Waals surface area contributed by atoms with Crippen LogP contribution in [-0.4, -0.2) is 36.2 Å². The maximum atomic E-state index is 10.7. The predicted octanol–water partition coefficient (Wildman–Crippen LogP) is 2.45. The first-order valence-corrected chi connectivity index (χ1v) is 6.61. The molecule has 5 nitrogen and oxygen atoms in total. The minimum atomic E-state index is -0.853. The molecule has 0 aliphatic rings. The van der Waals surface area contributed by atoms with Crippen molar-refractivity contribution in [3.63, 3.8) is 0 Å². The fourth-order valence-electron chi connectivity index (χ4n) is 2.08. The van der Waals surface area contributed by atoms with Gasteiger partial charge in [-0.1, -0.05) is 19.1 Å². The molecular weight excluding hydrogens is 256 g/mol. The number of carboxylic acid groups (broad SMARTS) is 1. The Labute approximate surface area is 119 Å². The number of nitrogens with zero attached hydrogens (tertiary/aromatic N) is 2. The monoisotopic (exact) mass is 276 g/mol. The van der Waals surface area contributed by atoms with Crippen molar-refractivity contribution in [2.75, 3.05) is 20.2 Å². The Bertz CT molecular complexity index is 482. The molecule has 0 heterocycles. The first-order valence-electron chi connectivity index (χ1n) is 6.61. The highest BCUT2D eigenvalue weighted by Crippen LogP contribution is 2.24. The van der Waals surface area contributed by atoms with E-state index in [2.05, 4.69) is 6.07 Å². The van der Waals surface area contributed by atoms with Crippen molar-refractivity contribution in [3.05, 3.63) is 29.8 Å². The van der Waals surface area contributed by atoms with Gasteiger partial charge in [0.1, 0.15) is 11.8 Å². The third-order valence-corrected chi connectivity index (χ3v) is 3.02. The molecule has 0 saturated heterocycles. The van der Waals surface area contributed by atoms with E-state index < -0.39 is 12.0 Å². The lowest BCUT2D eigenvalue weighted by Crippen LogP contribution is -2.31. The Morgan fingerprint density at radius 2 is 2.25 bits per heavy atom. The smallest absolute Gasteiger partial charge is 0.304 e. The van der Waals surface area contributed by atoms with E-state index >= 15 is 0 Å². The van der Waals surface area contributed by atoms with Gasteiger partial charge in [-0.25, -0.2) is 0 Å². The second kappa shape index (κ2) is 8.18. The van der Waals surface area contributed by atoms with Crippen molar-refractivity contribution in [3.8, 4) is 11.8 Å². The normalized spacial score (nSPS) is 11.9. The number of hydrogen-bond donors (Lipinski definition) is 1. The molecule has 0 aromatic heterocycles. The van der Waals surface area contributed by atoms with Crippen LogP contribution in [0.25, 0.3) is 0 Å². The number of ether oxygens (including phenoxy) is 1. The van der Waals surface area contributed by atoms with Gasteiger partial charge in [0.25, 0.3) is 0 Å². The molecule has 0 spiro atoms. The van der Waals surface area contributed by atoms with E-state index in [0.717, 1.165) is 12.0 Å². The fourth-order valence-corrected chi connectivity index (χ4v) is 2.08. The van der Waals surface area contributed by atoms with Crippen molar-refractivity contribution >= 4 is 5.97 Å². The highest BCUT2D eigenvalue weighted by molar-refractivity contribution is 5.66. The van der Waals surface area contributed by atoms with E-state index in [1.807, 2.05) is 36.1 Å². The SMILES string of the molecule is CCCN(CCC(=O)O)C(C#N)c1cccc(OC)c1. The highest BCUT2D eigenvalue weighted by atomic mass is 16.5. The molecule has 1 N–H and O–H groups in total. The summed E-state index contributed by atoms with van der Waals surface area (Å²) in [5, 5.41) is 18.2. The van der Waals surface area contributed by atoms with Gasteiger partial charge in [-0.15, -0.1) is 0 Å². The molecule has 0 aliphatic heterocycles. The molecule has 0 aliphatic carbocycles. The van der Waals surface area contributed by atoms with Gasteiger partial charge in [-0.05, 0) is 30.7 Å². The van der Waals surface area contributed by atoms with Gasteiger partial charge in [-0.3, -0.25) is 9.69 Å². The summed E-state index contributed by atoms with van der Waals surface area (Å²) in [6, 6.07) is 9.13. The topological polar surface area (TPSA) is 73.6 Å².